The van der Waals surface area contributed by atoms with Crippen LogP contribution >= 0.6 is 47.2 Å². The van der Waals surface area contributed by atoms with Gasteiger partial charge in [0.25, 0.3) is 0 Å². The molecule has 1 aliphatic rings. The van der Waals surface area contributed by atoms with Crippen molar-refractivity contribution in [2.24, 2.45) is 10.7 Å². The topological polar surface area (TPSA) is 80.3 Å². The number of benzene rings is 1. The summed E-state index contributed by atoms with van der Waals surface area (Å²) < 4.78 is 10.7. The highest BCUT2D eigenvalue weighted by atomic mass is 127. The summed E-state index contributed by atoms with van der Waals surface area (Å²) in [6.45, 7) is 2.89. The maximum atomic E-state index is 9.91. The van der Waals surface area contributed by atoms with Gasteiger partial charge in [-0.15, -0.1) is 24.0 Å². The van der Waals surface area contributed by atoms with Crippen molar-refractivity contribution in [3.05, 3.63) is 28.2 Å². The molecule has 1 heterocycles. The average molecular weight is 476 g/mol. The Bertz CT molecular complexity index is 528. The number of ether oxygens (including phenoxy) is 2. The first kappa shape index (κ1) is 20.6. The molecule has 0 radical (unpaired) electrons. The molecule has 0 aliphatic carbocycles. The van der Waals surface area contributed by atoms with Crippen molar-refractivity contribution in [2.75, 3.05) is 39.5 Å². The van der Waals surface area contributed by atoms with Gasteiger partial charge in [0, 0.05) is 13.1 Å². The molecule has 23 heavy (non-hydrogen) atoms. The maximum absolute atomic E-state index is 9.91. The lowest BCUT2D eigenvalue weighted by Crippen LogP contribution is -2.45. The van der Waals surface area contributed by atoms with Crippen molar-refractivity contribution in [1.29, 1.82) is 0 Å². The Labute approximate surface area is 162 Å². The summed E-state index contributed by atoms with van der Waals surface area (Å²) in [6, 6.07) is 5.08. The number of nitrogens with two attached hydrogens (primary N) is 1. The SMILES string of the molecule is I.NC(=NCC(O)COc1cccc(Cl)c1Cl)N1CCOCC1. The van der Waals surface area contributed by atoms with E-state index in [-0.39, 0.29) is 37.1 Å². The number of hydrogen-bond acceptors (Lipinski definition) is 4. The van der Waals surface area contributed by atoms with Crippen LogP contribution in [0.1, 0.15) is 0 Å². The molecule has 3 N–H and O–H groups in total. The average Bonchev–Trinajstić information content (AvgIpc) is 2.54. The van der Waals surface area contributed by atoms with Gasteiger partial charge in [0.1, 0.15) is 23.5 Å². The molecule has 0 amide bonds. The first-order valence-electron chi connectivity index (χ1n) is 6.95. The molecule has 2 rings (SSSR count). The summed E-state index contributed by atoms with van der Waals surface area (Å²) in [5.74, 6) is 0.835. The van der Waals surface area contributed by atoms with E-state index in [2.05, 4.69) is 4.99 Å². The van der Waals surface area contributed by atoms with Crippen LogP contribution in [-0.4, -0.2) is 61.5 Å². The Morgan fingerprint density at radius 1 is 1.39 bits per heavy atom. The van der Waals surface area contributed by atoms with Crippen LogP contribution in [0.5, 0.6) is 5.75 Å². The Morgan fingerprint density at radius 3 is 2.78 bits per heavy atom. The van der Waals surface area contributed by atoms with Crippen LogP contribution in [0, 0.1) is 0 Å². The molecular formula is C14H20Cl2IN3O3. The van der Waals surface area contributed by atoms with Gasteiger partial charge in [0.05, 0.1) is 24.8 Å². The summed E-state index contributed by atoms with van der Waals surface area (Å²) in [6.07, 6.45) is -0.783. The van der Waals surface area contributed by atoms with E-state index in [0.717, 1.165) is 0 Å². The zero-order valence-corrected chi connectivity index (χ0v) is 16.3. The highest BCUT2D eigenvalue weighted by Gasteiger charge is 2.13. The van der Waals surface area contributed by atoms with E-state index in [4.69, 9.17) is 38.4 Å². The first-order chi connectivity index (χ1) is 10.6. The molecule has 6 nitrogen and oxygen atoms in total. The molecule has 1 aromatic rings. The van der Waals surface area contributed by atoms with Gasteiger partial charge < -0.3 is 25.2 Å². The van der Waals surface area contributed by atoms with Gasteiger partial charge in [-0.1, -0.05) is 29.3 Å². The van der Waals surface area contributed by atoms with Gasteiger partial charge in [-0.25, -0.2) is 0 Å². The lowest BCUT2D eigenvalue weighted by Gasteiger charge is -2.27. The summed E-state index contributed by atoms with van der Waals surface area (Å²) in [7, 11) is 0. The lowest BCUT2D eigenvalue weighted by molar-refractivity contribution is 0.0670. The van der Waals surface area contributed by atoms with Gasteiger partial charge >= 0.3 is 0 Å². The van der Waals surface area contributed by atoms with E-state index in [9.17, 15) is 5.11 Å². The van der Waals surface area contributed by atoms with Gasteiger partial charge in [-0.05, 0) is 12.1 Å². The molecule has 1 saturated heterocycles. The minimum Gasteiger partial charge on any atom is -0.489 e. The molecule has 9 heteroatoms. The molecule has 0 bridgehead atoms. The normalized spacial score (nSPS) is 16.7. The molecule has 0 saturated carbocycles. The molecule has 1 atom stereocenters. The molecule has 0 spiro atoms. The largest absolute Gasteiger partial charge is 0.489 e. The summed E-state index contributed by atoms with van der Waals surface area (Å²) in [4.78, 5) is 6.10. The van der Waals surface area contributed by atoms with Crippen LogP contribution in [-0.2, 0) is 4.74 Å². The Kier molecular flexibility index (Phi) is 9.30. The van der Waals surface area contributed by atoms with Crippen molar-refractivity contribution < 1.29 is 14.6 Å². The van der Waals surface area contributed by atoms with Crippen molar-refractivity contribution >= 4 is 53.1 Å². The van der Waals surface area contributed by atoms with Crippen LogP contribution in [0.25, 0.3) is 0 Å². The van der Waals surface area contributed by atoms with Gasteiger partial charge in [-0.2, -0.15) is 0 Å². The fraction of sp³-hybridized carbons (Fsp3) is 0.500. The zero-order valence-electron chi connectivity index (χ0n) is 12.5. The number of aliphatic hydroxyl groups excluding tert-OH is 1. The van der Waals surface area contributed by atoms with Gasteiger partial charge in [-0.3, -0.25) is 4.99 Å². The minimum absolute atomic E-state index is 0. The second-order valence-corrected chi connectivity index (χ2v) is 5.60. The Hall–Kier alpha value is -0.480. The number of hydrogen-bond donors (Lipinski definition) is 2. The highest BCUT2D eigenvalue weighted by Crippen LogP contribution is 2.31. The quantitative estimate of drug-likeness (QED) is 0.386. The van der Waals surface area contributed by atoms with E-state index >= 15 is 0 Å². The van der Waals surface area contributed by atoms with E-state index in [1.54, 1.807) is 18.2 Å². The number of nitrogens with zero attached hydrogens (tertiary/aromatic N) is 2. The molecule has 130 valence electrons. The van der Waals surface area contributed by atoms with Crippen LogP contribution in [0.2, 0.25) is 10.0 Å². The highest BCUT2D eigenvalue weighted by molar-refractivity contribution is 14.0. The molecule has 0 aromatic heterocycles. The van der Waals surface area contributed by atoms with Crippen LogP contribution < -0.4 is 10.5 Å². The Morgan fingerprint density at radius 2 is 2.09 bits per heavy atom. The summed E-state index contributed by atoms with van der Waals surface area (Å²) in [5.41, 5.74) is 5.88. The van der Waals surface area contributed by atoms with E-state index in [1.807, 2.05) is 4.90 Å². The van der Waals surface area contributed by atoms with Gasteiger partial charge in [0.2, 0.25) is 0 Å². The fourth-order valence-corrected chi connectivity index (χ4v) is 2.27. The predicted octanol–water partition coefficient (Wildman–Crippen LogP) is 2.00. The Balaban J connectivity index is 0.00000264. The van der Waals surface area contributed by atoms with Crippen molar-refractivity contribution in [3.8, 4) is 5.75 Å². The van der Waals surface area contributed by atoms with Crippen molar-refractivity contribution in [3.63, 3.8) is 0 Å². The van der Waals surface area contributed by atoms with Crippen molar-refractivity contribution in [1.82, 2.24) is 4.90 Å². The molecular weight excluding hydrogens is 456 g/mol. The van der Waals surface area contributed by atoms with Gasteiger partial charge in [0.15, 0.2) is 5.96 Å². The predicted molar refractivity (Wildman–Crippen MR) is 102 cm³/mol. The summed E-state index contributed by atoms with van der Waals surface area (Å²) in [5, 5.41) is 10.6. The first-order valence-corrected chi connectivity index (χ1v) is 7.71. The number of halogens is 3. The lowest BCUT2D eigenvalue weighted by atomic mass is 10.3. The second-order valence-electron chi connectivity index (χ2n) is 4.82. The smallest absolute Gasteiger partial charge is 0.191 e. The minimum atomic E-state index is -0.783. The maximum Gasteiger partial charge on any atom is 0.191 e. The third-order valence-corrected chi connectivity index (χ3v) is 3.95. The number of aliphatic hydroxyl groups is 1. The molecule has 1 unspecified atom stereocenters. The molecule has 1 aromatic carbocycles. The van der Waals surface area contributed by atoms with Crippen LogP contribution in [0.15, 0.2) is 23.2 Å². The van der Waals surface area contributed by atoms with E-state index < -0.39 is 6.10 Å². The summed E-state index contributed by atoms with van der Waals surface area (Å²) >= 11 is 11.9. The van der Waals surface area contributed by atoms with Crippen molar-refractivity contribution in [2.45, 2.75) is 6.10 Å². The fourth-order valence-electron chi connectivity index (χ4n) is 1.93. The third-order valence-electron chi connectivity index (χ3n) is 3.15. The molecule has 1 fully saturated rings. The van der Waals surface area contributed by atoms with Crippen LogP contribution in [0.4, 0.5) is 0 Å². The number of aliphatic imine (C=N–C) groups is 1. The molecule has 1 aliphatic heterocycles. The number of morpholine rings is 1. The number of rotatable bonds is 5. The third kappa shape index (κ3) is 6.50. The standard InChI is InChI=1S/C14H19Cl2N3O3.HI/c15-11-2-1-3-12(13(11)16)22-9-10(20)8-18-14(17)19-4-6-21-7-5-19;/h1-3,10,20H,4-9H2,(H2,17,18);1H. The zero-order chi connectivity index (χ0) is 15.9. The number of guanidine groups is 1. The second kappa shape index (κ2) is 10.4. The monoisotopic (exact) mass is 475 g/mol. The van der Waals surface area contributed by atoms with E-state index in [1.165, 1.54) is 0 Å². The van der Waals surface area contributed by atoms with E-state index in [0.29, 0.717) is 48.1 Å². The van der Waals surface area contributed by atoms with Crippen LogP contribution in [0.3, 0.4) is 0 Å².